The summed E-state index contributed by atoms with van der Waals surface area (Å²) in [6.07, 6.45) is 0.583. The Bertz CT molecular complexity index is 636. The summed E-state index contributed by atoms with van der Waals surface area (Å²) in [6.45, 7) is 1.86. The fraction of sp³-hybridized carbons (Fsp3) is 0.231. The van der Waals surface area contributed by atoms with Gasteiger partial charge >= 0.3 is 11.9 Å². The van der Waals surface area contributed by atoms with E-state index in [9.17, 15) is 9.59 Å². The molecule has 2 rings (SSSR count). The number of aryl methyl sites for hydroxylation is 1. The minimum Gasteiger partial charge on any atom is -0.480 e. The van der Waals surface area contributed by atoms with E-state index in [1.54, 1.807) is 12.1 Å². The molecule has 104 valence electrons. The zero-order valence-corrected chi connectivity index (χ0v) is 10.6. The van der Waals surface area contributed by atoms with Gasteiger partial charge in [0.1, 0.15) is 0 Å². The zero-order chi connectivity index (χ0) is 14.7. The van der Waals surface area contributed by atoms with Crippen molar-refractivity contribution in [1.29, 1.82) is 0 Å². The third-order valence-electron chi connectivity index (χ3n) is 2.74. The highest BCUT2D eigenvalue weighted by Gasteiger charge is 2.28. The van der Waals surface area contributed by atoms with Crippen LogP contribution >= 0.6 is 0 Å². The number of hydrogen-bond acceptors (Lipinski definition) is 5. The number of rotatable bonds is 5. The van der Waals surface area contributed by atoms with E-state index in [-0.39, 0.29) is 5.56 Å². The van der Waals surface area contributed by atoms with Crippen molar-refractivity contribution in [3.8, 4) is 11.4 Å². The lowest BCUT2D eigenvalue weighted by Crippen LogP contribution is -2.21. The minimum atomic E-state index is -1.62. The summed E-state index contributed by atoms with van der Waals surface area (Å²) in [5, 5.41) is 21.7. The molecule has 1 heterocycles. The second-order valence-corrected chi connectivity index (χ2v) is 4.10. The van der Waals surface area contributed by atoms with Crippen molar-refractivity contribution in [3.05, 3.63) is 35.7 Å². The van der Waals surface area contributed by atoms with Crippen molar-refractivity contribution in [2.24, 2.45) is 0 Å². The molecule has 7 heteroatoms. The number of aromatic nitrogens is 2. The summed E-state index contributed by atoms with van der Waals surface area (Å²) in [6, 6.07) is 6.11. The number of carbonyl (C=O) groups is 2. The summed E-state index contributed by atoms with van der Waals surface area (Å²) < 4.78 is 4.97. The summed E-state index contributed by atoms with van der Waals surface area (Å²) >= 11 is 0. The number of benzene rings is 1. The molecule has 0 amide bonds. The Balaban J connectivity index is 2.41. The monoisotopic (exact) mass is 276 g/mol. The molecule has 0 aliphatic carbocycles. The molecule has 2 N–H and O–H groups in total. The maximum atomic E-state index is 11.0. The van der Waals surface area contributed by atoms with Crippen LogP contribution in [0.3, 0.4) is 0 Å². The van der Waals surface area contributed by atoms with Crippen LogP contribution in [0.4, 0.5) is 0 Å². The van der Waals surface area contributed by atoms with Crippen molar-refractivity contribution >= 4 is 11.9 Å². The highest BCUT2D eigenvalue weighted by molar-refractivity contribution is 5.99. The first-order chi connectivity index (χ1) is 9.52. The van der Waals surface area contributed by atoms with Crippen LogP contribution in [0.5, 0.6) is 0 Å². The molecule has 0 aliphatic rings. The van der Waals surface area contributed by atoms with E-state index in [0.29, 0.717) is 23.7 Å². The second kappa shape index (κ2) is 5.52. The van der Waals surface area contributed by atoms with Crippen LogP contribution in [-0.2, 0) is 16.0 Å². The summed E-state index contributed by atoms with van der Waals surface area (Å²) in [5.41, 5.74) is 0.670. The summed E-state index contributed by atoms with van der Waals surface area (Å²) in [5.74, 6) is -3.70. The van der Waals surface area contributed by atoms with E-state index in [0.717, 1.165) is 0 Å². The first-order valence-corrected chi connectivity index (χ1v) is 5.91. The van der Waals surface area contributed by atoms with Gasteiger partial charge in [-0.1, -0.05) is 30.3 Å². The Morgan fingerprint density at radius 3 is 2.55 bits per heavy atom. The van der Waals surface area contributed by atoms with Crippen LogP contribution in [0.2, 0.25) is 0 Å². The van der Waals surface area contributed by atoms with E-state index >= 15 is 0 Å². The van der Waals surface area contributed by atoms with Crippen molar-refractivity contribution < 1.29 is 24.3 Å². The van der Waals surface area contributed by atoms with Gasteiger partial charge in [-0.25, -0.2) is 0 Å². The average Bonchev–Trinajstić information content (AvgIpc) is 2.87. The molecule has 20 heavy (non-hydrogen) atoms. The smallest absolute Gasteiger partial charge is 0.322 e. The van der Waals surface area contributed by atoms with Crippen molar-refractivity contribution in [3.63, 3.8) is 0 Å². The molecule has 0 saturated carbocycles. The highest BCUT2D eigenvalue weighted by atomic mass is 16.5. The molecule has 0 radical (unpaired) electrons. The van der Waals surface area contributed by atoms with Crippen LogP contribution < -0.4 is 0 Å². The molecule has 0 saturated heterocycles. The zero-order valence-electron chi connectivity index (χ0n) is 10.6. The van der Waals surface area contributed by atoms with Gasteiger partial charge in [-0.15, -0.1) is 0 Å². The standard InChI is InChI=1S/C13H12N2O5/c1-2-9-14-11(15-20-9)8-5-3-4-7(6-8)10(12(16)17)13(18)19/h3-6,10H,2H2,1H3,(H,16,17)(H,18,19). The van der Waals surface area contributed by atoms with Crippen molar-refractivity contribution in [1.82, 2.24) is 10.1 Å². The van der Waals surface area contributed by atoms with Crippen LogP contribution in [-0.4, -0.2) is 32.3 Å². The minimum absolute atomic E-state index is 0.158. The Morgan fingerprint density at radius 1 is 1.30 bits per heavy atom. The Morgan fingerprint density at radius 2 is 2.00 bits per heavy atom. The number of hydrogen-bond donors (Lipinski definition) is 2. The molecule has 1 aromatic carbocycles. The first-order valence-electron chi connectivity index (χ1n) is 5.91. The maximum absolute atomic E-state index is 11.0. The average molecular weight is 276 g/mol. The number of carboxylic acid groups (broad SMARTS) is 2. The molecule has 7 nitrogen and oxygen atoms in total. The molecule has 0 spiro atoms. The molecule has 0 atom stereocenters. The molecule has 0 aliphatic heterocycles. The molecule has 1 aromatic heterocycles. The first kappa shape index (κ1) is 13.7. The lowest BCUT2D eigenvalue weighted by molar-refractivity contribution is -0.150. The van der Waals surface area contributed by atoms with E-state index in [1.165, 1.54) is 12.1 Å². The topological polar surface area (TPSA) is 114 Å². The van der Waals surface area contributed by atoms with Gasteiger partial charge in [-0.3, -0.25) is 9.59 Å². The number of aliphatic carboxylic acids is 2. The molecule has 0 unspecified atom stereocenters. The van der Waals surface area contributed by atoms with Crippen LogP contribution in [0.25, 0.3) is 11.4 Å². The molecule has 0 fully saturated rings. The van der Waals surface area contributed by atoms with E-state index < -0.39 is 17.9 Å². The van der Waals surface area contributed by atoms with E-state index in [1.807, 2.05) is 6.92 Å². The second-order valence-electron chi connectivity index (χ2n) is 4.10. The molecule has 2 aromatic rings. The van der Waals surface area contributed by atoms with E-state index in [2.05, 4.69) is 10.1 Å². The quantitative estimate of drug-likeness (QED) is 0.796. The number of nitrogens with zero attached hydrogens (tertiary/aromatic N) is 2. The van der Waals surface area contributed by atoms with Gasteiger partial charge < -0.3 is 14.7 Å². The van der Waals surface area contributed by atoms with Gasteiger partial charge in [0.15, 0.2) is 5.92 Å². The predicted molar refractivity (Wildman–Crippen MR) is 67.1 cm³/mol. The lowest BCUT2D eigenvalue weighted by Gasteiger charge is -2.08. The fourth-order valence-electron chi connectivity index (χ4n) is 1.76. The van der Waals surface area contributed by atoms with Gasteiger partial charge in [-0.2, -0.15) is 4.98 Å². The Hall–Kier alpha value is -2.70. The van der Waals surface area contributed by atoms with E-state index in [4.69, 9.17) is 14.7 Å². The Labute approximate surface area is 113 Å². The molecule has 0 bridgehead atoms. The largest absolute Gasteiger partial charge is 0.480 e. The van der Waals surface area contributed by atoms with Crippen molar-refractivity contribution in [2.75, 3.05) is 0 Å². The SMILES string of the molecule is CCc1nc(-c2cccc(C(C(=O)O)C(=O)O)c2)no1. The predicted octanol–water partition coefficient (Wildman–Crippen LogP) is 1.55. The molecular weight excluding hydrogens is 264 g/mol. The van der Waals surface area contributed by atoms with Gasteiger partial charge in [0, 0.05) is 12.0 Å². The van der Waals surface area contributed by atoms with Gasteiger partial charge in [0.2, 0.25) is 11.7 Å². The third kappa shape index (κ3) is 2.66. The summed E-state index contributed by atoms with van der Waals surface area (Å²) in [4.78, 5) is 26.1. The van der Waals surface area contributed by atoms with Crippen LogP contribution in [0.1, 0.15) is 24.3 Å². The Kier molecular flexibility index (Phi) is 3.79. The lowest BCUT2D eigenvalue weighted by atomic mass is 9.97. The summed E-state index contributed by atoms with van der Waals surface area (Å²) in [7, 11) is 0. The third-order valence-corrected chi connectivity index (χ3v) is 2.74. The van der Waals surface area contributed by atoms with Gasteiger partial charge in [0.05, 0.1) is 0 Å². The van der Waals surface area contributed by atoms with Crippen LogP contribution in [0, 0.1) is 0 Å². The van der Waals surface area contributed by atoms with Crippen LogP contribution in [0.15, 0.2) is 28.8 Å². The number of carboxylic acids is 2. The fourth-order valence-corrected chi connectivity index (χ4v) is 1.76. The van der Waals surface area contributed by atoms with Crippen molar-refractivity contribution in [2.45, 2.75) is 19.3 Å². The highest BCUT2D eigenvalue weighted by Crippen LogP contribution is 2.23. The van der Waals surface area contributed by atoms with Gasteiger partial charge in [0.25, 0.3) is 0 Å². The normalized spacial score (nSPS) is 10.7. The maximum Gasteiger partial charge on any atom is 0.322 e. The molecular formula is C13H12N2O5. The van der Waals surface area contributed by atoms with Gasteiger partial charge in [-0.05, 0) is 11.6 Å².